The van der Waals surface area contributed by atoms with E-state index in [1.807, 2.05) is 30.3 Å². The lowest BCUT2D eigenvalue weighted by atomic mass is 9.91. The van der Waals surface area contributed by atoms with Crippen LogP contribution in [0, 0.1) is 0 Å². The maximum atomic E-state index is 12.8. The second-order valence-corrected chi connectivity index (χ2v) is 11.0. The van der Waals surface area contributed by atoms with Crippen LogP contribution in [0.15, 0.2) is 54.6 Å². The Morgan fingerprint density at radius 1 is 0.737 bits per heavy atom. The summed E-state index contributed by atoms with van der Waals surface area (Å²) in [5.74, 6) is 0.00754. The molecule has 1 unspecified atom stereocenters. The number of carbonyl (C=O) groups excluding carboxylic acids is 1. The average molecular weight is 524 g/mol. The first kappa shape index (κ1) is 32.0. The van der Waals surface area contributed by atoms with E-state index in [2.05, 4.69) is 43.4 Å². The Balaban J connectivity index is 1.91. The molecule has 0 radical (unpaired) electrons. The highest BCUT2D eigenvalue weighted by atomic mass is 16.5. The predicted molar refractivity (Wildman–Crippen MR) is 159 cm³/mol. The molecule has 0 saturated heterocycles. The largest absolute Gasteiger partial charge is 0.394 e. The molecule has 4 nitrogen and oxygen atoms in total. The summed E-state index contributed by atoms with van der Waals surface area (Å²) >= 11 is 0. The van der Waals surface area contributed by atoms with E-state index in [4.69, 9.17) is 4.74 Å². The first-order valence-electron chi connectivity index (χ1n) is 15.2. The fourth-order valence-corrected chi connectivity index (χ4v) is 4.89. The van der Waals surface area contributed by atoms with Gasteiger partial charge in [0.15, 0.2) is 0 Å². The van der Waals surface area contributed by atoms with Crippen molar-refractivity contribution < 1.29 is 14.6 Å². The number of aryl methyl sites for hydroxylation is 2. The normalized spacial score (nSPS) is 12.8. The van der Waals surface area contributed by atoms with Crippen LogP contribution in [0.2, 0.25) is 0 Å². The number of ether oxygens (including phenoxy) is 1. The Morgan fingerprint density at radius 3 is 1.95 bits per heavy atom. The Kier molecular flexibility index (Phi) is 16.7. The fourth-order valence-electron chi connectivity index (χ4n) is 4.89. The molecule has 2 aromatic carbocycles. The topological polar surface area (TPSA) is 58.6 Å². The SMILES string of the molecule is CCCCCCCCc1ccc(CCC(CO)(COCc2ccccc2)NC(=O)CCCCCCC)cc1. The zero-order valence-corrected chi connectivity index (χ0v) is 24.2. The molecule has 0 bridgehead atoms. The molecule has 4 heteroatoms. The molecule has 2 rings (SSSR count). The molecule has 0 fully saturated rings. The van der Waals surface area contributed by atoms with Gasteiger partial charge in [0.25, 0.3) is 0 Å². The van der Waals surface area contributed by atoms with Crippen LogP contribution in [0.4, 0.5) is 0 Å². The zero-order chi connectivity index (χ0) is 27.3. The van der Waals surface area contributed by atoms with Gasteiger partial charge in [0.2, 0.25) is 5.91 Å². The summed E-state index contributed by atoms with van der Waals surface area (Å²) in [6, 6.07) is 18.9. The predicted octanol–water partition coefficient (Wildman–Crippen LogP) is 7.95. The van der Waals surface area contributed by atoms with E-state index in [0.29, 0.717) is 19.4 Å². The van der Waals surface area contributed by atoms with Gasteiger partial charge in [0.1, 0.15) is 0 Å². The third-order valence-electron chi connectivity index (χ3n) is 7.44. The quantitative estimate of drug-likeness (QED) is 0.154. The molecule has 0 aliphatic heterocycles. The number of carbonyl (C=O) groups is 1. The lowest BCUT2D eigenvalue weighted by Gasteiger charge is -2.33. The van der Waals surface area contributed by atoms with Crippen LogP contribution in [0.1, 0.15) is 114 Å². The van der Waals surface area contributed by atoms with Crippen LogP contribution >= 0.6 is 0 Å². The van der Waals surface area contributed by atoms with Gasteiger partial charge in [-0.15, -0.1) is 0 Å². The molecule has 1 amide bonds. The number of hydrogen-bond donors (Lipinski definition) is 2. The van der Waals surface area contributed by atoms with E-state index in [9.17, 15) is 9.90 Å². The van der Waals surface area contributed by atoms with Gasteiger partial charge in [-0.05, 0) is 48.8 Å². The molecule has 212 valence electrons. The summed E-state index contributed by atoms with van der Waals surface area (Å²) in [4.78, 5) is 12.8. The first-order valence-corrected chi connectivity index (χ1v) is 15.2. The maximum absolute atomic E-state index is 12.8. The standard InChI is InChI=1S/C34H53NO3/c1-3-5-7-9-11-13-17-30-21-23-31(24-22-30)25-26-34(28-36,29-38-27-32-18-14-12-15-19-32)35-33(37)20-16-10-8-6-4-2/h12,14-15,18-19,21-24,36H,3-11,13,16-17,20,25-29H2,1-2H3,(H,35,37). The molecule has 2 N–H and O–H groups in total. The van der Waals surface area contributed by atoms with Crippen molar-refractivity contribution in [1.29, 1.82) is 0 Å². The highest BCUT2D eigenvalue weighted by molar-refractivity contribution is 5.76. The van der Waals surface area contributed by atoms with Crippen LogP contribution < -0.4 is 5.32 Å². The molecule has 2 aromatic rings. The lowest BCUT2D eigenvalue weighted by Crippen LogP contribution is -2.55. The summed E-state index contributed by atoms with van der Waals surface area (Å²) in [6.07, 6.45) is 16.5. The van der Waals surface area contributed by atoms with Crippen molar-refractivity contribution in [3.8, 4) is 0 Å². The maximum Gasteiger partial charge on any atom is 0.220 e. The van der Waals surface area contributed by atoms with Crippen LogP contribution in [0.25, 0.3) is 0 Å². The molecule has 0 spiro atoms. The minimum absolute atomic E-state index is 0.00754. The number of rotatable bonds is 22. The van der Waals surface area contributed by atoms with Crippen molar-refractivity contribution in [2.24, 2.45) is 0 Å². The zero-order valence-electron chi connectivity index (χ0n) is 24.2. The van der Waals surface area contributed by atoms with E-state index in [1.165, 1.54) is 68.9 Å². The van der Waals surface area contributed by atoms with Crippen molar-refractivity contribution in [3.05, 3.63) is 71.3 Å². The van der Waals surface area contributed by atoms with Crippen LogP contribution in [0.5, 0.6) is 0 Å². The lowest BCUT2D eigenvalue weighted by molar-refractivity contribution is -0.125. The van der Waals surface area contributed by atoms with Gasteiger partial charge in [-0.25, -0.2) is 0 Å². The highest BCUT2D eigenvalue weighted by Gasteiger charge is 2.31. The number of unbranched alkanes of at least 4 members (excludes halogenated alkanes) is 9. The van der Waals surface area contributed by atoms with Gasteiger partial charge in [-0.1, -0.05) is 126 Å². The van der Waals surface area contributed by atoms with Gasteiger partial charge in [-0.3, -0.25) is 4.79 Å². The third kappa shape index (κ3) is 13.6. The molecule has 0 heterocycles. The van der Waals surface area contributed by atoms with E-state index < -0.39 is 5.54 Å². The van der Waals surface area contributed by atoms with Crippen LogP contribution in [0.3, 0.4) is 0 Å². The summed E-state index contributed by atoms with van der Waals surface area (Å²) in [5, 5.41) is 13.6. The summed E-state index contributed by atoms with van der Waals surface area (Å²) in [5.41, 5.74) is 2.92. The van der Waals surface area contributed by atoms with E-state index in [0.717, 1.165) is 31.2 Å². The molecule has 0 aliphatic rings. The average Bonchev–Trinajstić information content (AvgIpc) is 2.94. The van der Waals surface area contributed by atoms with Gasteiger partial charge >= 0.3 is 0 Å². The summed E-state index contributed by atoms with van der Waals surface area (Å²) < 4.78 is 6.05. The van der Waals surface area contributed by atoms with Crippen molar-refractivity contribution in [2.45, 2.75) is 122 Å². The van der Waals surface area contributed by atoms with E-state index in [1.54, 1.807) is 0 Å². The highest BCUT2D eigenvalue weighted by Crippen LogP contribution is 2.19. The molecule has 0 aromatic heterocycles. The summed E-state index contributed by atoms with van der Waals surface area (Å²) in [6.45, 7) is 5.06. The molecule has 0 saturated carbocycles. The van der Waals surface area contributed by atoms with Crippen LogP contribution in [-0.2, 0) is 29.0 Å². The van der Waals surface area contributed by atoms with E-state index in [-0.39, 0.29) is 19.1 Å². The van der Waals surface area contributed by atoms with Crippen molar-refractivity contribution >= 4 is 5.91 Å². The van der Waals surface area contributed by atoms with Gasteiger partial charge in [-0.2, -0.15) is 0 Å². The number of benzene rings is 2. The van der Waals surface area contributed by atoms with Crippen molar-refractivity contribution in [1.82, 2.24) is 5.32 Å². The Bertz CT molecular complexity index is 852. The van der Waals surface area contributed by atoms with Crippen molar-refractivity contribution in [3.63, 3.8) is 0 Å². The van der Waals surface area contributed by atoms with E-state index >= 15 is 0 Å². The summed E-state index contributed by atoms with van der Waals surface area (Å²) in [7, 11) is 0. The molecule has 0 aliphatic carbocycles. The molecule has 38 heavy (non-hydrogen) atoms. The number of hydrogen-bond acceptors (Lipinski definition) is 3. The number of aliphatic hydroxyl groups is 1. The monoisotopic (exact) mass is 523 g/mol. The van der Waals surface area contributed by atoms with Crippen LogP contribution in [-0.4, -0.2) is 29.8 Å². The minimum Gasteiger partial charge on any atom is -0.394 e. The first-order chi connectivity index (χ1) is 18.6. The minimum atomic E-state index is -0.785. The van der Waals surface area contributed by atoms with Gasteiger partial charge in [0.05, 0.1) is 25.4 Å². The Hall–Kier alpha value is -2.17. The number of nitrogens with one attached hydrogen (secondary N) is 1. The smallest absolute Gasteiger partial charge is 0.220 e. The number of aliphatic hydroxyl groups excluding tert-OH is 1. The van der Waals surface area contributed by atoms with Gasteiger partial charge < -0.3 is 15.2 Å². The van der Waals surface area contributed by atoms with Crippen molar-refractivity contribution in [2.75, 3.05) is 13.2 Å². The Labute approximate surface area is 232 Å². The number of amides is 1. The molecular formula is C34H53NO3. The second-order valence-electron chi connectivity index (χ2n) is 11.0. The molecular weight excluding hydrogens is 470 g/mol. The third-order valence-corrected chi connectivity index (χ3v) is 7.44. The van der Waals surface area contributed by atoms with Gasteiger partial charge in [0, 0.05) is 6.42 Å². The molecule has 1 atom stereocenters. The fraction of sp³-hybridized carbons (Fsp3) is 0.618. The second kappa shape index (κ2) is 19.8. The Morgan fingerprint density at radius 2 is 1.32 bits per heavy atom.